The van der Waals surface area contributed by atoms with Crippen LogP contribution in [-0.4, -0.2) is 96.7 Å². The summed E-state index contributed by atoms with van der Waals surface area (Å²) >= 11 is 0. The summed E-state index contributed by atoms with van der Waals surface area (Å²) in [6, 6.07) is 0. The Morgan fingerprint density at radius 2 is 0.430 bits per heavy atom. The van der Waals surface area contributed by atoms with Crippen molar-refractivity contribution in [2.24, 2.45) is 0 Å². The number of phosphoric acid groups is 2. The lowest BCUT2D eigenvalue weighted by Crippen LogP contribution is -2.30. The summed E-state index contributed by atoms with van der Waals surface area (Å²) in [7, 11) is -9.90. The molecule has 0 rings (SSSR count). The van der Waals surface area contributed by atoms with E-state index in [1.54, 1.807) is 0 Å². The number of aliphatic hydroxyl groups excluding tert-OH is 1. The van der Waals surface area contributed by atoms with E-state index in [0.29, 0.717) is 25.7 Å². The molecule has 0 saturated heterocycles. The van der Waals surface area contributed by atoms with Crippen molar-refractivity contribution >= 4 is 39.5 Å². The Labute approximate surface area is 568 Å². The minimum atomic E-state index is -4.95. The molecule has 0 amide bonds. The molecule has 0 fully saturated rings. The Morgan fingerprint density at radius 3 is 0.634 bits per heavy atom. The Hall–Kier alpha value is -1.94. The molecule has 0 bridgehead atoms. The van der Waals surface area contributed by atoms with Crippen LogP contribution in [0.2, 0.25) is 0 Å². The molecule has 19 heteroatoms. The average Bonchev–Trinajstić information content (AvgIpc) is 3.47. The second-order valence-electron chi connectivity index (χ2n) is 26.7. The second-order valence-corrected chi connectivity index (χ2v) is 29.6. The summed E-state index contributed by atoms with van der Waals surface area (Å²) in [5.41, 5.74) is 0. The molecule has 0 radical (unpaired) electrons. The summed E-state index contributed by atoms with van der Waals surface area (Å²) in [6.07, 6.45) is 58.2. The predicted octanol–water partition coefficient (Wildman–Crippen LogP) is 21.8. The van der Waals surface area contributed by atoms with Crippen LogP contribution in [0.5, 0.6) is 0 Å². The molecule has 0 heterocycles. The quantitative estimate of drug-likeness (QED) is 0.0222. The first-order valence-electron chi connectivity index (χ1n) is 38.8. The van der Waals surface area contributed by atoms with Crippen molar-refractivity contribution in [3.05, 3.63) is 0 Å². The minimum Gasteiger partial charge on any atom is -0.462 e. The summed E-state index contributed by atoms with van der Waals surface area (Å²) in [5.74, 6) is -2.12. The highest BCUT2D eigenvalue weighted by atomic mass is 31.2. The van der Waals surface area contributed by atoms with E-state index in [1.165, 1.54) is 225 Å². The topological polar surface area (TPSA) is 237 Å². The van der Waals surface area contributed by atoms with Gasteiger partial charge in [0.05, 0.1) is 26.4 Å². The van der Waals surface area contributed by atoms with Gasteiger partial charge in [-0.2, -0.15) is 0 Å². The number of phosphoric ester groups is 2. The Morgan fingerprint density at radius 1 is 0.258 bits per heavy atom. The van der Waals surface area contributed by atoms with Gasteiger partial charge >= 0.3 is 39.5 Å². The van der Waals surface area contributed by atoms with Crippen molar-refractivity contribution < 1.29 is 80.2 Å². The lowest BCUT2D eigenvalue weighted by atomic mass is 10.0. The van der Waals surface area contributed by atoms with Gasteiger partial charge in [0.2, 0.25) is 0 Å². The highest BCUT2D eigenvalue weighted by molar-refractivity contribution is 7.47. The zero-order valence-corrected chi connectivity index (χ0v) is 62.0. The van der Waals surface area contributed by atoms with Gasteiger partial charge in [-0.15, -0.1) is 0 Å². The smallest absolute Gasteiger partial charge is 0.462 e. The maximum Gasteiger partial charge on any atom is 0.472 e. The fourth-order valence-electron chi connectivity index (χ4n) is 11.4. The molecule has 3 N–H and O–H groups in total. The van der Waals surface area contributed by atoms with Crippen LogP contribution < -0.4 is 0 Å². The van der Waals surface area contributed by atoms with Crippen LogP contribution in [0, 0.1) is 0 Å². The zero-order chi connectivity index (χ0) is 68.2. The van der Waals surface area contributed by atoms with Gasteiger partial charge in [0.15, 0.2) is 12.2 Å². The molecule has 0 aliphatic rings. The number of carbonyl (C=O) groups is 4. The summed E-state index contributed by atoms with van der Waals surface area (Å²) in [5, 5.41) is 10.6. The van der Waals surface area contributed by atoms with Gasteiger partial charge in [0, 0.05) is 25.7 Å². The van der Waals surface area contributed by atoms with Crippen LogP contribution >= 0.6 is 15.6 Å². The van der Waals surface area contributed by atoms with E-state index in [2.05, 4.69) is 27.7 Å². The molecule has 0 aliphatic carbocycles. The standard InChI is InChI=1S/C74H144O17P2/c1-5-9-13-17-21-25-28-30-32-34-35-37-39-41-45-49-53-57-61-74(79)91-70(65-85-72(77)59-55-51-47-44-40-38-36-33-31-29-26-22-18-14-10-6-2)67-89-93(82,83)87-63-68(75)62-86-92(80,81)88-66-69(64-84-71(76)58-54-50-46-42-24-20-16-12-8-4)90-73(78)60-56-52-48-43-27-23-19-15-11-7-3/h68-70,75H,5-67H2,1-4H3,(H,80,81)(H,82,83)/t68-,69+,70+/m0/s1. The van der Waals surface area contributed by atoms with Crippen molar-refractivity contribution in [1.82, 2.24) is 0 Å². The van der Waals surface area contributed by atoms with Gasteiger partial charge in [-0.1, -0.05) is 342 Å². The number of hydrogen-bond acceptors (Lipinski definition) is 15. The third kappa shape index (κ3) is 68.4. The third-order valence-corrected chi connectivity index (χ3v) is 19.3. The Bertz CT molecular complexity index is 1770. The first-order chi connectivity index (χ1) is 45.2. The number of ether oxygens (including phenoxy) is 4. The van der Waals surface area contributed by atoms with Gasteiger partial charge in [-0.3, -0.25) is 37.3 Å². The number of hydrogen-bond donors (Lipinski definition) is 3. The van der Waals surface area contributed by atoms with Crippen molar-refractivity contribution in [2.75, 3.05) is 39.6 Å². The van der Waals surface area contributed by atoms with E-state index in [4.69, 9.17) is 37.0 Å². The van der Waals surface area contributed by atoms with Gasteiger partial charge in [-0.05, 0) is 25.7 Å². The lowest BCUT2D eigenvalue weighted by molar-refractivity contribution is -0.161. The minimum absolute atomic E-state index is 0.107. The predicted molar refractivity (Wildman–Crippen MR) is 377 cm³/mol. The largest absolute Gasteiger partial charge is 0.472 e. The molecule has 0 aromatic carbocycles. The summed E-state index contributed by atoms with van der Waals surface area (Å²) in [6.45, 7) is 4.95. The van der Waals surface area contributed by atoms with Crippen molar-refractivity contribution in [1.29, 1.82) is 0 Å². The Balaban J connectivity index is 5.20. The first kappa shape index (κ1) is 91.1. The van der Waals surface area contributed by atoms with E-state index in [-0.39, 0.29) is 25.7 Å². The van der Waals surface area contributed by atoms with Crippen LogP contribution in [0.4, 0.5) is 0 Å². The monoisotopic (exact) mass is 1370 g/mol. The third-order valence-electron chi connectivity index (χ3n) is 17.4. The zero-order valence-electron chi connectivity index (χ0n) is 60.2. The number of unbranched alkanes of at least 4 members (excludes halogenated alkanes) is 49. The van der Waals surface area contributed by atoms with Crippen LogP contribution in [0.15, 0.2) is 0 Å². The molecule has 0 aromatic heterocycles. The van der Waals surface area contributed by atoms with Crippen LogP contribution in [-0.2, 0) is 65.4 Å². The molecule has 0 spiro atoms. The fraction of sp³-hybridized carbons (Fsp3) is 0.946. The van der Waals surface area contributed by atoms with Gasteiger partial charge in [0.25, 0.3) is 0 Å². The molecule has 0 aromatic rings. The van der Waals surface area contributed by atoms with E-state index < -0.39 is 97.5 Å². The van der Waals surface area contributed by atoms with Gasteiger partial charge in [-0.25, -0.2) is 9.13 Å². The normalized spacial score (nSPS) is 13.9. The first-order valence-corrected chi connectivity index (χ1v) is 41.8. The van der Waals surface area contributed by atoms with Crippen molar-refractivity contribution in [3.8, 4) is 0 Å². The number of carbonyl (C=O) groups excluding carboxylic acids is 4. The van der Waals surface area contributed by atoms with E-state index >= 15 is 0 Å². The summed E-state index contributed by atoms with van der Waals surface area (Å²) in [4.78, 5) is 72.6. The van der Waals surface area contributed by atoms with Crippen LogP contribution in [0.25, 0.3) is 0 Å². The molecule has 0 saturated carbocycles. The highest BCUT2D eigenvalue weighted by Crippen LogP contribution is 2.45. The van der Waals surface area contributed by atoms with Crippen molar-refractivity contribution in [3.63, 3.8) is 0 Å². The molecular weight excluding hydrogens is 1220 g/mol. The van der Waals surface area contributed by atoms with Crippen molar-refractivity contribution in [2.45, 2.75) is 412 Å². The second kappa shape index (κ2) is 68.6. The number of aliphatic hydroxyl groups is 1. The molecule has 5 atom stereocenters. The molecule has 552 valence electrons. The van der Waals surface area contributed by atoms with Gasteiger partial charge < -0.3 is 33.8 Å². The molecular formula is C74H144O17P2. The van der Waals surface area contributed by atoms with Crippen LogP contribution in [0.3, 0.4) is 0 Å². The highest BCUT2D eigenvalue weighted by Gasteiger charge is 2.30. The van der Waals surface area contributed by atoms with E-state index in [1.807, 2.05) is 0 Å². The van der Waals surface area contributed by atoms with E-state index in [0.717, 1.165) is 89.9 Å². The fourth-order valence-corrected chi connectivity index (χ4v) is 13.0. The van der Waals surface area contributed by atoms with Crippen LogP contribution in [0.1, 0.15) is 394 Å². The number of rotatable bonds is 75. The molecule has 2 unspecified atom stereocenters. The number of esters is 4. The van der Waals surface area contributed by atoms with E-state index in [9.17, 15) is 43.2 Å². The Kier molecular flexibility index (Phi) is 67.1. The lowest BCUT2D eigenvalue weighted by Gasteiger charge is -2.21. The maximum atomic E-state index is 13.1. The molecule has 17 nitrogen and oxygen atoms in total. The summed E-state index contributed by atoms with van der Waals surface area (Å²) < 4.78 is 68.4. The maximum absolute atomic E-state index is 13.1. The molecule has 93 heavy (non-hydrogen) atoms. The average molecular weight is 1370 g/mol. The van der Waals surface area contributed by atoms with Gasteiger partial charge in [0.1, 0.15) is 19.3 Å². The molecule has 0 aliphatic heterocycles. The SMILES string of the molecule is CCCCCCCCCCCCCCCCCCCCC(=O)O[C@H](COC(=O)CCCCCCCCCCCCCCCCCC)COP(=O)(O)OC[C@@H](O)COP(=O)(O)OC[C@@H](COC(=O)CCCCCCCCCCC)OC(=O)CCCCCCCCCCCC.